The molecular weight excluding hydrogens is 262 g/mol. The molecule has 98 valence electrons. The molecule has 0 spiro atoms. The first kappa shape index (κ1) is 13.4. The third kappa shape index (κ3) is 4.00. The van der Waals surface area contributed by atoms with Crippen LogP contribution in [0.15, 0.2) is 48.5 Å². The monoisotopic (exact) mass is 275 g/mol. The average molecular weight is 276 g/mol. The Kier molecular flexibility index (Phi) is 4.42. The number of rotatable bonds is 3. The quantitative estimate of drug-likeness (QED) is 0.902. The molecule has 0 unspecified atom stereocenters. The van der Waals surface area contributed by atoms with Gasteiger partial charge in [0.15, 0.2) is 0 Å². The van der Waals surface area contributed by atoms with Crippen molar-refractivity contribution in [1.29, 1.82) is 0 Å². The van der Waals surface area contributed by atoms with Gasteiger partial charge in [0.1, 0.15) is 6.61 Å². The summed E-state index contributed by atoms with van der Waals surface area (Å²) in [4.78, 5) is 11.7. The topological polar surface area (TPSA) is 38.3 Å². The molecule has 4 heteroatoms. The average Bonchev–Trinajstić information content (AvgIpc) is 2.42. The van der Waals surface area contributed by atoms with Crippen molar-refractivity contribution in [1.82, 2.24) is 0 Å². The zero-order valence-corrected chi connectivity index (χ0v) is 11.3. The fraction of sp³-hybridized carbons (Fsp3) is 0.133. The van der Waals surface area contributed by atoms with Crippen LogP contribution in [0, 0.1) is 6.92 Å². The zero-order valence-electron chi connectivity index (χ0n) is 10.5. The van der Waals surface area contributed by atoms with Crippen LogP contribution in [0.3, 0.4) is 0 Å². The van der Waals surface area contributed by atoms with E-state index in [-0.39, 0.29) is 6.61 Å². The van der Waals surface area contributed by atoms with E-state index in [4.69, 9.17) is 16.3 Å². The fourth-order valence-corrected chi connectivity index (χ4v) is 1.77. The van der Waals surface area contributed by atoms with Crippen molar-refractivity contribution in [2.24, 2.45) is 0 Å². The molecule has 0 saturated heterocycles. The lowest BCUT2D eigenvalue weighted by molar-refractivity contribution is 0.155. The number of anilines is 1. The summed E-state index contributed by atoms with van der Waals surface area (Å²) in [6, 6.07) is 14.9. The first-order valence-electron chi connectivity index (χ1n) is 5.89. The molecule has 3 nitrogen and oxygen atoms in total. The lowest BCUT2D eigenvalue weighted by Crippen LogP contribution is -2.13. The first-order chi connectivity index (χ1) is 9.15. The lowest BCUT2D eigenvalue weighted by Gasteiger charge is -2.09. The molecule has 2 rings (SSSR count). The first-order valence-corrected chi connectivity index (χ1v) is 6.27. The molecule has 0 radical (unpaired) electrons. The molecule has 2 aromatic carbocycles. The Hall–Kier alpha value is -2.00. The van der Waals surface area contributed by atoms with Gasteiger partial charge in [-0.3, -0.25) is 5.32 Å². The number of amides is 1. The van der Waals surface area contributed by atoms with Gasteiger partial charge in [-0.05, 0) is 30.2 Å². The van der Waals surface area contributed by atoms with E-state index < -0.39 is 6.09 Å². The SMILES string of the molecule is Cc1ccc(Cl)c(NC(=O)OCc2ccccc2)c1. The van der Waals surface area contributed by atoms with E-state index in [1.807, 2.05) is 43.3 Å². The van der Waals surface area contributed by atoms with Gasteiger partial charge in [-0.25, -0.2) is 4.79 Å². The van der Waals surface area contributed by atoms with Crippen molar-refractivity contribution in [3.63, 3.8) is 0 Å². The minimum absolute atomic E-state index is 0.232. The Balaban J connectivity index is 1.93. The summed E-state index contributed by atoms with van der Waals surface area (Å²) in [6.45, 7) is 2.16. The number of halogens is 1. The predicted octanol–water partition coefficient (Wildman–Crippen LogP) is 4.40. The minimum Gasteiger partial charge on any atom is -0.444 e. The van der Waals surface area contributed by atoms with E-state index in [2.05, 4.69) is 5.32 Å². The number of hydrogen-bond acceptors (Lipinski definition) is 2. The van der Waals surface area contributed by atoms with E-state index in [1.54, 1.807) is 12.1 Å². The van der Waals surface area contributed by atoms with Crippen LogP contribution >= 0.6 is 11.6 Å². The standard InChI is InChI=1S/C15H14ClNO2/c1-11-7-8-13(16)14(9-11)17-15(18)19-10-12-5-3-2-4-6-12/h2-9H,10H2,1H3,(H,17,18). The van der Waals surface area contributed by atoms with Crippen molar-refractivity contribution in [3.8, 4) is 0 Å². The van der Waals surface area contributed by atoms with Crippen LogP contribution in [0.5, 0.6) is 0 Å². The molecule has 0 bridgehead atoms. The fourth-order valence-electron chi connectivity index (χ4n) is 1.60. The highest BCUT2D eigenvalue weighted by Crippen LogP contribution is 2.22. The summed E-state index contributed by atoms with van der Waals surface area (Å²) in [6.07, 6.45) is -0.517. The van der Waals surface area contributed by atoms with Crippen molar-refractivity contribution in [2.75, 3.05) is 5.32 Å². The van der Waals surface area contributed by atoms with Gasteiger partial charge in [-0.15, -0.1) is 0 Å². The van der Waals surface area contributed by atoms with E-state index in [0.717, 1.165) is 11.1 Å². The lowest BCUT2D eigenvalue weighted by atomic mass is 10.2. The van der Waals surface area contributed by atoms with Crippen LogP contribution in [-0.2, 0) is 11.3 Å². The van der Waals surface area contributed by atoms with Gasteiger partial charge in [0.05, 0.1) is 10.7 Å². The maximum atomic E-state index is 11.7. The normalized spacial score (nSPS) is 10.0. The van der Waals surface area contributed by atoms with Crippen molar-refractivity contribution in [3.05, 3.63) is 64.7 Å². The second-order valence-electron chi connectivity index (χ2n) is 4.17. The van der Waals surface area contributed by atoms with Crippen LogP contribution in [0.4, 0.5) is 10.5 Å². The third-order valence-corrected chi connectivity index (χ3v) is 2.90. The van der Waals surface area contributed by atoms with Crippen molar-refractivity contribution in [2.45, 2.75) is 13.5 Å². The molecule has 0 aliphatic heterocycles. The Labute approximate surface area is 117 Å². The Morgan fingerprint density at radius 3 is 2.68 bits per heavy atom. The van der Waals surface area contributed by atoms with E-state index in [1.165, 1.54) is 0 Å². The van der Waals surface area contributed by atoms with E-state index >= 15 is 0 Å². The second-order valence-corrected chi connectivity index (χ2v) is 4.58. The summed E-state index contributed by atoms with van der Waals surface area (Å²) in [5.41, 5.74) is 2.51. The number of hydrogen-bond donors (Lipinski definition) is 1. The number of nitrogens with one attached hydrogen (secondary N) is 1. The van der Waals surface area contributed by atoms with Crippen LogP contribution in [-0.4, -0.2) is 6.09 Å². The highest BCUT2D eigenvalue weighted by atomic mass is 35.5. The molecule has 1 amide bonds. The molecule has 0 aliphatic rings. The largest absolute Gasteiger partial charge is 0.444 e. The Morgan fingerprint density at radius 1 is 1.21 bits per heavy atom. The van der Waals surface area contributed by atoms with Crippen LogP contribution < -0.4 is 5.32 Å². The van der Waals surface area contributed by atoms with Crippen LogP contribution in [0.1, 0.15) is 11.1 Å². The number of aryl methyl sites for hydroxylation is 1. The second kappa shape index (κ2) is 6.25. The minimum atomic E-state index is -0.517. The van der Waals surface area contributed by atoms with Crippen LogP contribution in [0.25, 0.3) is 0 Å². The maximum Gasteiger partial charge on any atom is 0.412 e. The van der Waals surface area contributed by atoms with Gasteiger partial charge < -0.3 is 4.74 Å². The van der Waals surface area contributed by atoms with Gasteiger partial charge in [-0.1, -0.05) is 48.0 Å². The number of ether oxygens (including phenoxy) is 1. The van der Waals surface area contributed by atoms with Gasteiger partial charge in [0.2, 0.25) is 0 Å². The zero-order chi connectivity index (χ0) is 13.7. The number of benzene rings is 2. The summed E-state index contributed by atoms with van der Waals surface area (Å²) < 4.78 is 5.12. The molecule has 0 aliphatic carbocycles. The highest BCUT2D eigenvalue weighted by Gasteiger charge is 2.07. The Morgan fingerprint density at radius 2 is 1.95 bits per heavy atom. The number of carbonyl (C=O) groups excluding carboxylic acids is 1. The van der Waals surface area contributed by atoms with E-state index in [0.29, 0.717) is 10.7 Å². The molecule has 2 aromatic rings. The van der Waals surface area contributed by atoms with Gasteiger partial charge in [0.25, 0.3) is 0 Å². The summed E-state index contributed by atoms with van der Waals surface area (Å²) in [5, 5.41) is 3.12. The summed E-state index contributed by atoms with van der Waals surface area (Å²) in [7, 11) is 0. The molecule has 1 N–H and O–H groups in total. The van der Waals surface area contributed by atoms with Gasteiger partial charge in [-0.2, -0.15) is 0 Å². The van der Waals surface area contributed by atoms with Crippen LogP contribution in [0.2, 0.25) is 5.02 Å². The molecule has 0 heterocycles. The van der Waals surface area contributed by atoms with Gasteiger partial charge in [0, 0.05) is 0 Å². The molecule has 0 saturated carbocycles. The molecule has 19 heavy (non-hydrogen) atoms. The van der Waals surface area contributed by atoms with Crippen molar-refractivity contribution < 1.29 is 9.53 Å². The number of carbonyl (C=O) groups is 1. The molecular formula is C15H14ClNO2. The summed E-state index contributed by atoms with van der Waals surface area (Å²) >= 11 is 5.99. The smallest absolute Gasteiger partial charge is 0.412 e. The predicted molar refractivity (Wildman–Crippen MR) is 76.4 cm³/mol. The van der Waals surface area contributed by atoms with Gasteiger partial charge >= 0.3 is 6.09 Å². The molecule has 0 fully saturated rings. The van der Waals surface area contributed by atoms with E-state index in [9.17, 15) is 4.79 Å². The molecule has 0 aromatic heterocycles. The van der Waals surface area contributed by atoms with Crippen molar-refractivity contribution >= 4 is 23.4 Å². The maximum absolute atomic E-state index is 11.7. The highest BCUT2D eigenvalue weighted by molar-refractivity contribution is 6.33. The Bertz CT molecular complexity index is 570. The summed E-state index contributed by atoms with van der Waals surface area (Å²) in [5.74, 6) is 0. The molecule has 0 atom stereocenters. The third-order valence-electron chi connectivity index (χ3n) is 2.57.